The van der Waals surface area contributed by atoms with Crippen molar-refractivity contribution in [3.8, 4) is 11.1 Å². The van der Waals surface area contributed by atoms with Crippen molar-refractivity contribution in [2.24, 2.45) is 0 Å². The van der Waals surface area contributed by atoms with Crippen molar-refractivity contribution in [1.29, 1.82) is 0 Å². The minimum Gasteiger partial charge on any atom is -0.366 e. The third-order valence-corrected chi connectivity index (χ3v) is 4.39. The van der Waals surface area contributed by atoms with Gasteiger partial charge < -0.3 is 5.32 Å². The summed E-state index contributed by atoms with van der Waals surface area (Å²) < 4.78 is 1.89. The Bertz CT molecular complexity index is 1010. The van der Waals surface area contributed by atoms with E-state index in [4.69, 9.17) is 4.98 Å². The summed E-state index contributed by atoms with van der Waals surface area (Å²) in [4.78, 5) is 8.94. The minimum absolute atomic E-state index is 0.688. The van der Waals surface area contributed by atoms with Gasteiger partial charge in [-0.2, -0.15) is 9.61 Å². The van der Waals surface area contributed by atoms with Gasteiger partial charge in [0.05, 0.1) is 6.20 Å². The topological polar surface area (TPSA) is 55.1 Å². The molecule has 0 aliphatic carbocycles. The van der Waals surface area contributed by atoms with Gasteiger partial charge >= 0.3 is 0 Å². The lowest BCUT2D eigenvalue weighted by Crippen LogP contribution is -2.09. The molecule has 25 heavy (non-hydrogen) atoms. The molecule has 1 aromatic carbocycles. The Morgan fingerprint density at radius 2 is 1.84 bits per heavy atom. The van der Waals surface area contributed by atoms with E-state index in [2.05, 4.69) is 40.5 Å². The first-order valence-corrected chi connectivity index (χ1v) is 8.27. The Morgan fingerprint density at radius 3 is 2.60 bits per heavy atom. The number of nitrogens with one attached hydrogen (secondary N) is 1. The molecule has 0 fully saturated rings. The summed E-state index contributed by atoms with van der Waals surface area (Å²) in [5.41, 5.74) is 6.24. The SMILES string of the molecule is Cc1nc2c(-c3ccccc3)cnn2c(NCc2cccnc2)c1C. The van der Waals surface area contributed by atoms with Crippen molar-refractivity contribution < 1.29 is 0 Å². The third kappa shape index (κ3) is 2.85. The number of hydrogen-bond donors (Lipinski definition) is 1. The van der Waals surface area contributed by atoms with E-state index in [1.165, 1.54) is 0 Å². The van der Waals surface area contributed by atoms with Crippen LogP contribution in [0.5, 0.6) is 0 Å². The van der Waals surface area contributed by atoms with Gasteiger partial charge in [0.25, 0.3) is 0 Å². The third-order valence-electron chi connectivity index (χ3n) is 4.39. The van der Waals surface area contributed by atoms with Crippen LogP contribution in [-0.4, -0.2) is 19.6 Å². The molecular weight excluding hydrogens is 310 g/mol. The molecule has 0 saturated carbocycles. The highest BCUT2D eigenvalue weighted by molar-refractivity contribution is 5.78. The molecule has 0 saturated heterocycles. The highest BCUT2D eigenvalue weighted by Gasteiger charge is 2.15. The predicted molar refractivity (Wildman–Crippen MR) is 99.5 cm³/mol. The summed E-state index contributed by atoms with van der Waals surface area (Å²) >= 11 is 0. The molecule has 1 N–H and O–H groups in total. The van der Waals surface area contributed by atoms with Crippen LogP contribution in [0.4, 0.5) is 5.82 Å². The van der Waals surface area contributed by atoms with Crippen molar-refractivity contribution in [2.45, 2.75) is 20.4 Å². The van der Waals surface area contributed by atoms with E-state index in [0.717, 1.165) is 39.4 Å². The Labute approximate surface area is 146 Å². The number of hydrogen-bond acceptors (Lipinski definition) is 4. The smallest absolute Gasteiger partial charge is 0.165 e. The highest BCUT2D eigenvalue weighted by Crippen LogP contribution is 2.27. The maximum absolute atomic E-state index is 4.78. The molecule has 0 aliphatic rings. The zero-order valence-corrected chi connectivity index (χ0v) is 14.3. The summed E-state index contributed by atoms with van der Waals surface area (Å²) in [6, 6.07) is 14.2. The first kappa shape index (κ1) is 15.3. The number of nitrogens with zero attached hydrogens (tertiary/aromatic N) is 4. The van der Waals surface area contributed by atoms with E-state index in [9.17, 15) is 0 Å². The minimum atomic E-state index is 0.688. The summed E-state index contributed by atoms with van der Waals surface area (Å²) in [6.45, 7) is 4.79. The van der Waals surface area contributed by atoms with Crippen molar-refractivity contribution in [3.05, 3.63) is 77.9 Å². The lowest BCUT2D eigenvalue weighted by molar-refractivity contribution is 0.902. The number of rotatable bonds is 4. The highest BCUT2D eigenvalue weighted by atomic mass is 15.3. The molecule has 3 heterocycles. The van der Waals surface area contributed by atoms with Gasteiger partial charge in [0.1, 0.15) is 5.82 Å². The standard InChI is InChI=1S/C20H19N5/c1-14-15(2)24-20-18(17-8-4-3-5-9-17)13-23-25(20)19(14)22-12-16-7-6-10-21-11-16/h3-11,13,22H,12H2,1-2H3. The number of aromatic nitrogens is 4. The molecular formula is C20H19N5. The average Bonchev–Trinajstić information content (AvgIpc) is 3.07. The van der Waals surface area contributed by atoms with Crippen LogP contribution in [0.2, 0.25) is 0 Å². The zero-order valence-electron chi connectivity index (χ0n) is 14.3. The maximum atomic E-state index is 4.78. The number of aryl methyl sites for hydroxylation is 1. The van der Waals surface area contributed by atoms with Gasteiger partial charge in [-0.1, -0.05) is 36.4 Å². The van der Waals surface area contributed by atoms with Crippen LogP contribution in [0, 0.1) is 13.8 Å². The van der Waals surface area contributed by atoms with Crippen LogP contribution < -0.4 is 5.32 Å². The molecule has 0 radical (unpaired) electrons. The van der Waals surface area contributed by atoms with Crippen molar-refractivity contribution in [2.75, 3.05) is 5.32 Å². The van der Waals surface area contributed by atoms with E-state index < -0.39 is 0 Å². The summed E-state index contributed by atoms with van der Waals surface area (Å²) in [5.74, 6) is 0.966. The fourth-order valence-corrected chi connectivity index (χ4v) is 2.90. The van der Waals surface area contributed by atoms with Crippen LogP contribution in [-0.2, 0) is 6.54 Å². The van der Waals surface area contributed by atoms with Crippen LogP contribution >= 0.6 is 0 Å². The Kier molecular flexibility index (Phi) is 3.90. The van der Waals surface area contributed by atoms with Crippen molar-refractivity contribution >= 4 is 11.5 Å². The van der Waals surface area contributed by atoms with Gasteiger partial charge in [0.15, 0.2) is 5.65 Å². The Balaban J connectivity index is 1.78. The zero-order chi connectivity index (χ0) is 17.2. The second-order valence-corrected chi connectivity index (χ2v) is 6.05. The second kappa shape index (κ2) is 6.36. The van der Waals surface area contributed by atoms with E-state index in [1.807, 2.05) is 48.1 Å². The summed E-state index contributed by atoms with van der Waals surface area (Å²) in [5, 5.41) is 8.08. The van der Waals surface area contributed by atoms with Gasteiger partial charge in [-0.05, 0) is 31.0 Å². The second-order valence-electron chi connectivity index (χ2n) is 6.05. The number of pyridine rings is 1. The molecule has 5 nitrogen and oxygen atoms in total. The van der Waals surface area contributed by atoms with Crippen LogP contribution in [0.25, 0.3) is 16.8 Å². The largest absolute Gasteiger partial charge is 0.366 e. The first-order valence-electron chi connectivity index (χ1n) is 8.27. The maximum Gasteiger partial charge on any atom is 0.165 e. The van der Waals surface area contributed by atoms with E-state index in [-0.39, 0.29) is 0 Å². The normalized spacial score (nSPS) is 11.0. The van der Waals surface area contributed by atoms with Crippen molar-refractivity contribution in [3.63, 3.8) is 0 Å². The number of fused-ring (bicyclic) bond motifs is 1. The summed E-state index contributed by atoms with van der Waals surface area (Å²) in [6.07, 6.45) is 5.53. The summed E-state index contributed by atoms with van der Waals surface area (Å²) in [7, 11) is 0. The molecule has 0 unspecified atom stereocenters. The Hall–Kier alpha value is -3.21. The lowest BCUT2D eigenvalue weighted by Gasteiger charge is -2.13. The van der Waals surface area contributed by atoms with Gasteiger partial charge in [0.2, 0.25) is 0 Å². The van der Waals surface area contributed by atoms with Crippen LogP contribution in [0.15, 0.2) is 61.1 Å². The predicted octanol–water partition coefficient (Wildman–Crippen LogP) is 4.02. The number of anilines is 1. The van der Waals surface area contributed by atoms with Crippen LogP contribution in [0.3, 0.4) is 0 Å². The molecule has 0 amide bonds. The molecule has 5 heteroatoms. The average molecular weight is 329 g/mol. The number of benzene rings is 1. The molecule has 0 spiro atoms. The van der Waals surface area contributed by atoms with Gasteiger partial charge in [-0.15, -0.1) is 0 Å². The fraction of sp³-hybridized carbons (Fsp3) is 0.150. The first-order chi connectivity index (χ1) is 12.2. The molecule has 124 valence electrons. The molecule has 0 bridgehead atoms. The monoisotopic (exact) mass is 329 g/mol. The fourth-order valence-electron chi connectivity index (χ4n) is 2.90. The van der Waals surface area contributed by atoms with Crippen molar-refractivity contribution in [1.82, 2.24) is 19.6 Å². The van der Waals surface area contributed by atoms with E-state index in [1.54, 1.807) is 6.20 Å². The lowest BCUT2D eigenvalue weighted by atomic mass is 10.1. The molecule has 3 aromatic heterocycles. The molecule has 4 aromatic rings. The van der Waals surface area contributed by atoms with Crippen LogP contribution in [0.1, 0.15) is 16.8 Å². The van der Waals surface area contributed by atoms with Gasteiger partial charge in [-0.3, -0.25) is 4.98 Å². The van der Waals surface area contributed by atoms with Gasteiger partial charge in [-0.25, -0.2) is 4.98 Å². The molecule has 0 aliphatic heterocycles. The molecule has 0 atom stereocenters. The van der Waals surface area contributed by atoms with E-state index in [0.29, 0.717) is 6.54 Å². The van der Waals surface area contributed by atoms with Gasteiger partial charge in [0, 0.05) is 35.8 Å². The Morgan fingerprint density at radius 1 is 1.00 bits per heavy atom. The molecule has 4 rings (SSSR count). The van der Waals surface area contributed by atoms with E-state index >= 15 is 0 Å². The quantitative estimate of drug-likeness (QED) is 0.614.